The quantitative estimate of drug-likeness (QED) is 0.0514. The number of hydrogen-bond acceptors (Lipinski definition) is 10. The molecule has 0 bridgehead atoms. The molecule has 7 rings (SSSR count). The second-order valence-electron chi connectivity index (χ2n) is 16.0. The third-order valence-corrected chi connectivity index (χ3v) is 11.7. The van der Waals surface area contributed by atoms with Gasteiger partial charge in [-0.15, -0.1) is 0 Å². The van der Waals surface area contributed by atoms with Gasteiger partial charge in [0.2, 0.25) is 17.8 Å². The second-order valence-corrected chi connectivity index (χ2v) is 16.0. The highest BCUT2D eigenvalue weighted by molar-refractivity contribution is 6.00. The van der Waals surface area contributed by atoms with Gasteiger partial charge in [0.25, 0.3) is 0 Å². The van der Waals surface area contributed by atoms with E-state index in [1.54, 1.807) is 11.6 Å². The second kappa shape index (κ2) is 20.4. The first-order valence-electron chi connectivity index (χ1n) is 21.6. The van der Waals surface area contributed by atoms with Crippen LogP contribution in [0.4, 0.5) is 5.95 Å². The number of benzene rings is 2. The summed E-state index contributed by atoms with van der Waals surface area (Å²) in [5.41, 5.74) is 6.78. The van der Waals surface area contributed by atoms with Crippen molar-refractivity contribution in [1.82, 2.24) is 34.3 Å². The van der Waals surface area contributed by atoms with Crippen LogP contribution in [0.3, 0.4) is 0 Å². The number of amides is 2. The van der Waals surface area contributed by atoms with Crippen molar-refractivity contribution in [3.8, 4) is 11.1 Å². The lowest BCUT2D eigenvalue weighted by Gasteiger charge is -2.27. The normalized spacial score (nSPS) is 18.5. The number of aliphatic hydroxyl groups excluding tert-OH is 1. The number of carbonyl (C=O) groups excluding carboxylic acids is 2. The molecular weight excluding hydrogens is 749 g/mol. The van der Waals surface area contributed by atoms with Gasteiger partial charge in [0.05, 0.1) is 17.1 Å². The number of ether oxygens (including phenoxy) is 2. The van der Waals surface area contributed by atoms with Gasteiger partial charge in [-0.2, -0.15) is 4.98 Å². The number of hydrogen-bond donors (Lipinski definition) is 4. The number of aryl methyl sites for hydroxylation is 2. The fourth-order valence-electron chi connectivity index (χ4n) is 8.31. The number of anilines is 1. The Morgan fingerprint density at radius 3 is 2.37 bits per heavy atom. The standard InChI is InChI=1S/C45H60N8O6/c1-3-4-22-47-44-48-29-36-37(30-52(42(36)50-44)34-14-16-35(54)17-15-34)33-12-9-32(10-13-33)28-46-21-6-24-59-26-7-25-58-23-5-8-31-11-18-38-40(27-31)51(2)45(57)53(38)39-19-20-41(55)49-43(39)56/h9-13,18,27,29-30,34-35,39,46,54H,3-8,14-17,19-26,28H2,1-2H3,(H,47,48,50)(H,49,55,56). The number of carbonyl (C=O) groups is 2. The summed E-state index contributed by atoms with van der Waals surface area (Å²) in [6.07, 6.45) is 13.7. The molecule has 4 N–H and O–H groups in total. The molecule has 1 atom stereocenters. The van der Waals surface area contributed by atoms with Gasteiger partial charge in [-0.3, -0.25) is 24.0 Å². The van der Waals surface area contributed by atoms with E-state index in [1.807, 2.05) is 24.4 Å². The molecule has 2 fully saturated rings. The Labute approximate surface area is 345 Å². The highest BCUT2D eigenvalue weighted by Gasteiger charge is 2.31. The lowest BCUT2D eigenvalue weighted by atomic mass is 9.93. The van der Waals surface area contributed by atoms with Crippen molar-refractivity contribution in [2.75, 3.05) is 44.8 Å². The smallest absolute Gasteiger partial charge is 0.329 e. The van der Waals surface area contributed by atoms with E-state index in [4.69, 9.17) is 14.5 Å². The molecule has 1 aliphatic heterocycles. The molecule has 14 nitrogen and oxygen atoms in total. The minimum Gasteiger partial charge on any atom is -0.393 e. The van der Waals surface area contributed by atoms with Gasteiger partial charge in [-0.1, -0.05) is 43.7 Å². The van der Waals surface area contributed by atoms with Gasteiger partial charge in [0, 0.05) is 82.4 Å². The van der Waals surface area contributed by atoms with Crippen LogP contribution < -0.4 is 21.6 Å². The Morgan fingerprint density at radius 2 is 1.61 bits per heavy atom. The van der Waals surface area contributed by atoms with Crippen LogP contribution in [0.1, 0.15) is 101 Å². The monoisotopic (exact) mass is 808 g/mol. The van der Waals surface area contributed by atoms with Crippen molar-refractivity contribution in [2.24, 2.45) is 7.05 Å². The third-order valence-electron chi connectivity index (χ3n) is 11.7. The average Bonchev–Trinajstić information content (AvgIpc) is 3.73. The van der Waals surface area contributed by atoms with Crippen molar-refractivity contribution in [2.45, 2.75) is 109 Å². The Kier molecular flexibility index (Phi) is 14.6. The van der Waals surface area contributed by atoms with Crippen LogP contribution >= 0.6 is 0 Å². The topological polar surface area (TPSA) is 167 Å². The van der Waals surface area contributed by atoms with Crippen molar-refractivity contribution in [3.05, 3.63) is 76.5 Å². The summed E-state index contributed by atoms with van der Waals surface area (Å²) in [5, 5.41) is 20.5. The molecule has 14 heteroatoms. The number of nitrogens with zero attached hydrogens (tertiary/aromatic N) is 5. The van der Waals surface area contributed by atoms with Crippen molar-refractivity contribution >= 4 is 39.8 Å². The number of aliphatic hydroxyl groups is 1. The molecule has 2 aromatic carbocycles. The third kappa shape index (κ3) is 10.5. The fraction of sp³-hybridized carbons (Fsp3) is 0.533. The molecule has 0 radical (unpaired) electrons. The Hall–Kier alpha value is -4.89. The molecule has 5 aromatic rings. The summed E-state index contributed by atoms with van der Waals surface area (Å²) in [6.45, 7) is 7.34. The van der Waals surface area contributed by atoms with Crippen LogP contribution in [-0.4, -0.2) is 86.2 Å². The van der Waals surface area contributed by atoms with E-state index in [0.717, 1.165) is 117 Å². The highest BCUT2D eigenvalue weighted by Crippen LogP contribution is 2.37. The zero-order valence-electron chi connectivity index (χ0n) is 34.6. The number of aromatic nitrogens is 5. The molecule has 1 aliphatic carbocycles. The Bertz CT molecular complexity index is 2240. The minimum absolute atomic E-state index is 0.203. The molecule has 59 heavy (non-hydrogen) atoms. The molecule has 2 amide bonds. The summed E-state index contributed by atoms with van der Waals surface area (Å²) in [7, 11) is 1.71. The van der Waals surface area contributed by atoms with Crippen LogP contribution in [-0.2, 0) is 39.1 Å². The summed E-state index contributed by atoms with van der Waals surface area (Å²) in [5.74, 6) is -0.0548. The van der Waals surface area contributed by atoms with E-state index in [2.05, 4.69) is 62.9 Å². The fourth-order valence-corrected chi connectivity index (χ4v) is 8.31. The molecule has 1 saturated heterocycles. The van der Waals surface area contributed by atoms with Gasteiger partial charge < -0.3 is 29.8 Å². The molecular formula is C45H60N8O6. The number of nitrogens with one attached hydrogen (secondary N) is 3. The number of fused-ring (bicyclic) bond motifs is 2. The lowest BCUT2D eigenvalue weighted by Crippen LogP contribution is -2.44. The summed E-state index contributed by atoms with van der Waals surface area (Å²) in [4.78, 5) is 46.7. The van der Waals surface area contributed by atoms with Gasteiger partial charge >= 0.3 is 5.69 Å². The summed E-state index contributed by atoms with van der Waals surface area (Å²) >= 11 is 0. The van der Waals surface area contributed by atoms with Gasteiger partial charge in [0.1, 0.15) is 11.7 Å². The predicted molar refractivity (Wildman–Crippen MR) is 229 cm³/mol. The largest absolute Gasteiger partial charge is 0.393 e. The predicted octanol–water partition coefficient (Wildman–Crippen LogP) is 5.95. The van der Waals surface area contributed by atoms with E-state index in [1.165, 1.54) is 10.1 Å². The highest BCUT2D eigenvalue weighted by atomic mass is 16.5. The zero-order chi connectivity index (χ0) is 41.1. The van der Waals surface area contributed by atoms with Gasteiger partial charge in [-0.05, 0) is 99.6 Å². The number of piperidine rings is 1. The summed E-state index contributed by atoms with van der Waals surface area (Å²) < 4.78 is 17.1. The van der Waals surface area contributed by atoms with E-state index in [-0.39, 0.29) is 24.1 Å². The molecule has 3 aromatic heterocycles. The molecule has 0 spiro atoms. The van der Waals surface area contributed by atoms with Crippen molar-refractivity contribution in [3.63, 3.8) is 0 Å². The van der Waals surface area contributed by atoms with Crippen molar-refractivity contribution < 1.29 is 24.2 Å². The van der Waals surface area contributed by atoms with Gasteiger partial charge in [0.15, 0.2) is 0 Å². The Balaban J connectivity index is 0.779. The van der Waals surface area contributed by atoms with Crippen molar-refractivity contribution in [1.29, 1.82) is 0 Å². The Morgan fingerprint density at radius 1 is 0.864 bits per heavy atom. The van der Waals surface area contributed by atoms with Crippen LogP contribution in [0, 0.1) is 0 Å². The molecule has 1 unspecified atom stereocenters. The summed E-state index contributed by atoms with van der Waals surface area (Å²) in [6, 6.07) is 14.3. The van der Waals surface area contributed by atoms with E-state index >= 15 is 0 Å². The number of imide groups is 1. The van der Waals surface area contributed by atoms with E-state index in [0.29, 0.717) is 50.4 Å². The molecule has 4 heterocycles. The molecule has 316 valence electrons. The van der Waals surface area contributed by atoms with Crippen LogP contribution in [0.15, 0.2) is 59.7 Å². The first-order chi connectivity index (χ1) is 28.8. The number of imidazole rings is 1. The maximum atomic E-state index is 13.0. The molecule has 2 aliphatic rings. The number of unbranched alkanes of at least 4 members (excludes halogenated alkanes) is 1. The maximum Gasteiger partial charge on any atom is 0.329 e. The maximum absolute atomic E-state index is 13.0. The first-order valence-corrected chi connectivity index (χ1v) is 21.6. The van der Waals surface area contributed by atoms with E-state index < -0.39 is 11.9 Å². The van der Waals surface area contributed by atoms with Crippen LogP contribution in [0.25, 0.3) is 33.2 Å². The SMILES string of the molecule is CCCCNc1ncc2c(-c3ccc(CNCCCOCCCOCCCc4ccc5c(c4)n(C)c(=O)n5C4CCC(=O)NC4=O)cc3)cn(C3CCC(O)CC3)c2n1. The van der Waals surface area contributed by atoms with E-state index in [9.17, 15) is 19.5 Å². The zero-order valence-corrected chi connectivity index (χ0v) is 34.6. The lowest BCUT2D eigenvalue weighted by molar-refractivity contribution is -0.135. The van der Waals surface area contributed by atoms with Gasteiger partial charge in [-0.25, -0.2) is 9.78 Å². The number of rotatable bonds is 21. The average molecular weight is 809 g/mol. The van der Waals surface area contributed by atoms with Crippen LogP contribution in [0.5, 0.6) is 0 Å². The van der Waals surface area contributed by atoms with Crippen LogP contribution in [0.2, 0.25) is 0 Å². The molecule has 1 saturated carbocycles. The first kappa shape index (κ1) is 42.2. The minimum atomic E-state index is -0.681.